The Kier molecular flexibility index (Phi) is 4.41. The van der Waals surface area contributed by atoms with Gasteiger partial charge in [-0.25, -0.2) is 8.42 Å². The third-order valence-electron chi connectivity index (χ3n) is 3.59. The van der Waals surface area contributed by atoms with Gasteiger partial charge < -0.3 is 4.90 Å². The molecule has 0 unspecified atom stereocenters. The van der Waals surface area contributed by atoms with Gasteiger partial charge in [0.25, 0.3) is 10.0 Å². The molecule has 0 bridgehead atoms. The largest absolute Gasteiger partial charge is 0.312 e. The molecule has 0 spiro atoms. The Balaban J connectivity index is 1.87. The molecule has 1 N–H and O–H groups in total. The van der Waals surface area contributed by atoms with Crippen LogP contribution in [-0.2, 0) is 14.8 Å². The van der Waals surface area contributed by atoms with Gasteiger partial charge in [-0.3, -0.25) is 9.52 Å². The maximum atomic E-state index is 12.4. The molecule has 2 aromatic rings. The summed E-state index contributed by atoms with van der Waals surface area (Å²) in [6, 6.07) is 13.4. The molecule has 7 heteroatoms. The van der Waals surface area contributed by atoms with E-state index in [0.717, 1.165) is 6.42 Å². The van der Waals surface area contributed by atoms with Crippen LogP contribution in [0.1, 0.15) is 12.8 Å². The van der Waals surface area contributed by atoms with Crippen molar-refractivity contribution in [2.24, 2.45) is 0 Å². The molecule has 1 fully saturated rings. The van der Waals surface area contributed by atoms with E-state index in [1.54, 1.807) is 41.3 Å². The van der Waals surface area contributed by atoms with Crippen LogP contribution >= 0.6 is 15.9 Å². The van der Waals surface area contributed by atoms with Crippen LogP contribution in [0.5, 0.6) is 0 Å². The molecule has 23 heavy (non-hydrogen) atoms. The number of anilines is 2. The van der Waals surface area contributed by atoms with Gasteiger partial charge in [-0.2, -0.15) is 0 Å². The van der Waals surface area contributed by atoms with Crippen molar-refractivity contribution in [2.75, 3.05) is 16.2 Å². The number of benzene rings is 2. The van der Waals surface area contributed by atoms with E-state index < -0.39 is 10.0 Å². The van der Waals surface area contributed by atoms with Crippen molar-refractivity contribution in [2.45, 2.75) is 17.7 Å². The minimum atomic E-state index is -3.67. The van der Waals surface area contributed by atoms with Crippen molar-refractivity contribution < 1.29 is 13.2 Å². The van der Waals surface area contributed by atoms with Crippen molar-refractivity contribution in [3.05, 3.63) is 53.0 Å². The third-order valence-corrected chi connectivity index (χ3v) is 5.46. The molecule has 1 amide bonds. The number of carbonyl (C=O) groups is 1. The Morgan fingerprint density at radius 1 is 1.09 bits per heavy atom. The number of sulfonamides is 1. The molecule has 1 heterocycles. The van der Waals surface area contributed by atoms with Crippen molar-refractivity contribution in [1.29, 1.82) is 0 Å². The molecule has 1 aliphatic rings. The fraction of sp³-hybridized carbons (Fsp3) is 0.188. The summed E-state index contributed by atoms with van der Waals surface area (Å²) in [5.41, 5.74) is 1.14. The van der Waals surface area contributed by atoms with Gasteiger partial charge in [0.15, 0.2) is 0 Å². The van der Waals surface area contributed by atoms with E-state index in [0.29, 0.717) is 28.8 Å². The number of hydrogen-bond acceptors (Lipinski definition) is 3. The lowest BCUT2D eigenvalue weighted by Crippen LogP contribution is -2.23. The van der Waals surface area contributed by atoms with E-state index in [2.05, 4.69) is 20.7 Å². The second-order valence-electron chi connectivity index (χ2n) is 5.26. The lowest BCUT2D eigenvalue weighted by atomic mass is 10.2. The van der Waals surface area contributed by atoms with E-state index in [9.17, 15) is 13.2 Å². The maximum absolute atomic E-state index is 12.4. The van der Waals surface area contributed by atoms with Crippen LogP contribution in [-0.4, -0.2) is 20.9 Å². The van der Waals surface area contributed by atoms with Crippen LogP contribution in [0, 0.1) is 0 Å². The smallest absolute Gasteiger partial charge is 0.261 e. The highest BCUT2D eigenvalue weighted by molar-refractivity contribution is 9.10. The number of nitrogens with zero attached hydrogens (tertiary/aromatic N) is 1. The van der Waals surface area contributed by atoms with Crippen LogP contribution < -0.4 is 9.62 Å². The summed E-state index contributed by atoms with van der Waals surface area (Å²) in [5, 5.41) is 0. The molecule has 0 aliphatic carbocycles. The summed E-state index contributed by atoms with van der Waals surface area (Å²) >= 11 is 3.27. The average molecular weight is 395 g/mol. The summed E-state index contributed by atoms with van der Waals surface area (Å²) in [4.78, 5) is 13.7. The fourth-order valence-corrected chi connectivity index (χ4v) is 4.15. The van der Waals surface area contributed by atoms with E-state index in [4.69, 9.17) is 0 Å². The highest BCUT2D eigenvalue weighted by atomic mass is 79.9. The molecular weight excluding hydrogens is 380 g/mol. The van der Waals surface area contributed by atoms with E-state index in [1.165, 1.54) is 12.1 Å². The fourth-order valence-electron chi connectivity index (χ4n) is 2.51. The monoisotopic (exact) mass is 394 g/mol. The van der Waals surface area contributed by atoms with Crippen molar-refractivity contribution in [3.63, 3.8) is 0 Å². The molecule has 1 aliphatic heterocycles. The van der Waals surface area contributed by atoms with Crippen LogP contribution in [0.4, 0.5) is 11.4 Å². The molecule has 1 saturated heterocycles. The second-order valence-corrected chi connectivity index (χ2v) is 7.86. The SMILES string of the molecule is O=C1CCCN1c1cccc(NS(=O)(=O)c2cccc(Br)c2)c1. The van der Waals surface area contributed by atoms with E-state index >= 15 is 0 Å². The highest BCUT2D eigenvalue weighted by Crippen LogP contribution is 2.26. The predicted octanol–water partition coefficient (Wildman–Crippen LogP) is 3.38. The lowest BCUT2D eigenvalue weighted by molar-refractivity contribution is -0.117. The summed E-state index contributed by atoms with van der Waals surface area (Å²) in [6.07, 6.45) is 1.36. The quantitative estimate of drug-likeness (QED) is 0.863. The molecule has 0 saturated carbocycles. The zero-order valence-corrected chi connectivity index (χ0v) is 14.6. The van der Waals surface area contributed by atoms with Gasteiger partial charge in [-0.1, -0.05) is 28.1 Å². The molecule has 120 valence electrons. The summed E-state index contributed by atoms with van der Waals surface area (Å²) in [7, 11) is -3.67. The van der Waals surface area contributed by atoms with Crippen LogP contribution in [0.25, 0.3) is 0 Å². The first kappa shape index (κ1) is 16.0. The first-order chi connectivity index (χ1) is 11.0. The number of hydrogen-bond donors (Lipinski definition) is 1. The predicted molar refractivity (Wildman–Crippen MR) is 93.0 cm³/mol. The summed E-state index contributed by atoms with van der Waals surface area (Å²) in [6.45, 7) is 0.667. The van der Waals surface area contributed by atoms with Crippen LogP contribution in [0.2, 0.25) is 0 Å². The maximum Gasteiger partial charge on any atom is 0.261 e. The Labute approximate surface area is 143 Å². The number of amides is 1. The zero-order chi connectivity index (χ0) is 16.4. The first-order valence-electron chi connectivity index (χ1n) is 7.14. The van der Waals surface area contributed by atoms with Crippen LogP contribution in [0.3, 0.4) is 0 Å². The minimum Gasteiger partial charge on any atom is -0.312 e. The van der Waals surface area contributed by atoms with E-state index in [1.807, 2.05) is 0 Å². The average Bonchev–Trinajstić information content (AvgIpc) is 2.93. The van der Waals surface area contributed by atoms with Crippen molar-refractivity contribution in [1.82, 2.24) is 0 Å². The summed E-state index contributed by atoms with van der Waals surface area (Å²) < 4.78 is 28.1. The molecule has 0 radical (unpaired) electrons. The molecule has 5 nitrogen and oxygen atoms in total. The molecular formula is C16H15BrN2O3S. The normalized spacial score (nSPS) is 15.0. The standard InChI is InChI=1S/C16H15BrN2O3S/c17-12-4-1-7-15(10-12)23(21,22)18-13-5-2-6-14(11-13)19-9-3-8-16(19)20/h1-2,4-7,10-11,18H,3,8-9H2. The van der Waals surface area contributed by atoms with Gasteiger partial charge in [0.1, 0.15) is 0 Å². The Bertz CT molecular complexity index is 852. The topological polar surface area (TPSA) is 66.5 Å². The lowest BCUT2D eigenvalue weighted by Gasteiger charge is -2.17. The Morgan fingerprint density at radius 3 is 2.57 bits per heavy atom. The highest BCUT2D eigenvalue weighted by Gasteiger charge is 2.22. The van der Waals surface area contributed by atoms with Gasteiger partial charge >= 0.3 is 0 Å². The number of rotatable bonds is 4. The molecule has 0 atom stereocenters. The van der Waals surface area contributed by atoms with Gasteiger partial charge in [0, 0.05) is 23.1 Å². The van der Waals surface area contributed by atoms with Gasteiger partial charge in [0.05, 0.1) is 10.6 Å². The molecule has 3 rings (SSSR count). The third kappa shape index (κ3) is 3.56. The summed E-state index contributed by atoms with van der Waals surface area (Å²) in [5.74, 6) is 0.0667. The van der Waals surface area contributed by atoms with E-state index in [-0.39, 0.29) is 10.8 Å². The Hall–Kier alpha value is -1.86. The van der Waals surface area contributed by atoms with Gasteiger partial charge in [0.2, 0.25) is 5.91 Å². The van der Waals surface area contributed by atoms with Crippen molar-refractivity contribution >= 4 is 43.2 Å². The van der Waals surface area contributed by atoms with Crippen molar-refractivity contribution in [3.8, 4) is 0 Å². The number of carbonyl (C=O) groups excluding carboxylic acids is 1. The van der Waals surface area contributed by atoms with Crippen LogP contribution in [0.15, 0.2) is 57.9 Å². The van der Waals surface area contributed by atoms with Gasteiger partial charge in [-0.15, -0.1) is 0 Å². The molecule has 2 aromatic carbocycles. The van der Waals surface area contributed by atoms with Gasteiger partial charge in [-0.05, 0) is 42.8 Å². The minimum absolute atomic E-state index is 0.0667. The zero-order valence-electron chi connectivity index (χ0n) is 12.2. The Morgan fingerprint density at radius 2 is 1.87 bits per heavy atom. The molecule has 0 aromatic heterocycles. The first-order valence-corrected chi connectivity index (χ1v) is 9.42. The number of halogens is 1. The second kappa shape index (κ2) is 6.33. The number of nitrogens with one attached hydrogen (secondary N) is 1.